The summed E-state index contributed by atoms with van der Waals surface area (Å²) >= 11 is 1.84. The van der Waals surface area contributed by atoms with Gasteiger partial charge in [0.15, 0.2) is 5.13 Å². The summed E-state index contributed by atoms with van der Waals surface area (Å²) in [6, 6.07) is 0.761. The third kappa shape index (κ3) is 3.09. The van der Waals surface area contributed by atoms with E-state index < -0.39 is 0 Å². The van der Waals surface area contributed by atoms with Crippen LogP contribution in [0.5, 0.6) is 0 Å². The molecule has 2 saturated heterocycles. The summed E-state index contributed by atoms with van der Waals surface area (Å²) < 4.78 is 0. The van der Waals surface area contributed by atoms with Crippen LogP contribution in [0.3, 0.4) is 0 Å². The van der Waals surface area contributed by atoms with Crippen molar-refractivity contribution in [1.29, 1.82) is 0 Å². The highest BCUT2D eigenvalue weighted by Gasteiger charge is 2.29. The van der Waals surface area contributed by atoms with Gasteiger partial charge in [-0.25, -0.2) is 4.98 Å². The van der Waals surface area contributed by atoms with Crippen molar-refractivity contribution in [3.8, 4) is 0 Å². The maximum Gasteiger partial charge on any atom is 0.185 e. The predicted molar refractivity (Wildman–Crippen MR) is 80.9 cm³/mol. The lowest BCUT2D eigenvalue weighted by molar-refractivity contribution is 0.175. The average Bonchev–Trinajstić information content (AvgIpc) is 3.08. The Kier molecular flexibility index (Phi) is 4.35. The number of rotatable bonds is 4. The van der Waals surface area contributed by atoms with Gasteiger partial charge in [0.2, 0.25) is 0 Å². The highest BCUT2D eigenvalue weighted by molar-refractivity contribution is 7.15. The van der Waals surface area contributed by atoms with Crippen LogP contribution in [-0.2, 0) is 6.54 Å². The van der Waals surface area contributed by atoms with Crippen LogP contribution in [0.1, 0.15) is 30.6 Å². The predicted octanol–water partition coefficient (Wildman–Crippen LogP) is 1.93. The van der Waals surface area contributed by atoms with Crippen LogP contribution in [0.2, 0.25) is 0 Å². The van der Waals surface area contributed by atoms with Gasteiger partial charge in [0.05, 0.1) is 0 Å². The minimum absolute atomic E-state index is 0.761. The highest BCUT2D eigenvalue weighted by atomic mass is 32.1. The fourth-order valence-electron chi connectivity index (χ4n) is 3.20. The number of hydrogen-bond donors (Lipinski definition) is 1. The summed E-state index contributed by atoms with van der Waals surface area (Å²) in [6.07, 6.45) is 7.53. The number of anilines is 1. The largest absolute Gasteiger partial charge is 0.346 e. The summed E-state index contributed by atoms with van der Waals surface area (Å²) in [6.45, 7) is 5.89. The molecule has 1 aromatic rings. The lowest BCUT2D eigenvalue weighted by Gasteiger charge is -2.32. The zero-order chi connectivity index (χ0) is 13.1. The second-order valence-corrected chi connectivity index (χ2v) is 6.72. The molecule has 0 aromatic carbocycles. The van der Waals surface area contributed by atoms with Crippen molar-refractivity contribution in [3.63, 3.8) is 0 Å². The maximum atomic E-state index is 4.58. The molecular weight excluding hydrogens is 256 g/mol. The van der Waals surface area contributed by atoms with Gasteiger partial charge in [0.1, 0.15) is 0 Å². The molecule has 106 valence electrons. The maximum absolute atomic E-state index is 4.58. The van der Waals surface area contributed by atoms with Crippen LogP contribution in [0.25, 0.3) is 0 Å². The van der Waals surface area contributed by atoms with E-state index in [1.54, 1.807) is 0 Å². The molecule has 3 heterocycles. The standard InChI is InChI=1S/C14H24N4S/c1-15-9-13-10-16-14(19-13)18-8-5-12(11-18)17-6-3-2-4-7-17/h10,12,15H,2-9,11H2,1H3. The van der Waals surface area contributed by atoms with Crippen LogP contribution < -0.4 is 10.2 Å². The van der Waals surface area contributed by atoms with E-state index in [0.29, 0.717) is 0 Å². The first-order valence-electron chi connectivity index (χ1n) is 7.45. The molecular formula is C14H24N4S. The van der Waals surface area contributed by atoms with E-state index in [-0.39, 0.29) is 0 Å². The van der Waals surface area contributed by atoms with Crippen LogP contribution in [0, 0.1) is 0 Å². The number of thiazole rings is 1. The average molecular weight is 280 g/mol. The van der Waals surface area contributed by atoms with E-state index in [9.17, 15) is 0 Å². The van der Waals surface area contributed by atoms with E-state index in [1.165, 1.54) is 61.9 Å². The van der Waals surface area contributed by atoms with Crippen LogP contribution in [0.4, 0.5) is 5.13 Å². The molecule has 1 aromatic heterocycles. The Balaban J connectivity index is 1.58. The Morgan fingerprint density at radius 1 is 1.32 bits per heavy atom. The van der Waals surface area contributed by atoms with Gasteiger partial charge in [0.25, 0.3) is 0 Å². The van der Waals surface area contributed by atoms with Gasteiger partial charge in [-0.05, 0) is 39.4 Å². The van der Waals surface area contributed by atoms with Crippen LogP contribution >= 0.6 is 11.3 Å². The zero-order valence-electron chi connectivity index (χ0n) is 11.8. The number of likely N-dealkylation sites (tertiary alicyclic amines) is 1. The van der Waals surface area contributed by atoms with Crippen molar-refractivity contribution in [1.82, 2.24) is 15.2 Å². The molecule has 5 heteroatoms. The fraction of sp³-hybridized carbons (Fsp3) is 0.786. The molecule has 0 spiro atoms. The SMILES string of the molecule is CNCc1cnc(N2CCC(N3CCCCC3)C2)s1. The number of piperidine rings is 1. The summed E-state index contributed by atoms with van der Waals surface area (Å²) in [7, 11) is 1.99. The van der Waals surface area contributed by atoms with Gasteiger partial charge >= 0.3 is 0 Å². The monoisotopic (exact) mass is 280 g/mol. The molecule has 3 rings (SSSR count). The van der Waals surface area contributed by atoms with Crippen LogP contribution in [0.15, 0.2) is 6.20 Å². The Labute approximate surface area is 119 Å². The number of hydrogen-bond acceptors (Lipinski definition) is 5. The van der Waals surface area contributed by atoms with Gasteiger partial charge in [-0.3, -0.25) is 4.90 Å². The van der Waals surface area contributed by atoms with Crippen molar-refractivity contribution in [2.75, 3.05) is 38.1 Å². The molecule has 2 fully saturated rings. The van der Waals surface area contributed by atoms with Gasteiger partial charge in [-0.15, -0.1) is 11.3 Å². The highest BCUT2D eigenvalue weighted by Crippen LogP contribution is 2.28. The molecule has 0 bridgehead atoms. The summed E-state index contributed by atoms with van der Waals surface area (Å²) in [4.78, 5) is 11.1. The Bertz CT molecular complexity index is 400. The Morgan fingerprint density at radius 2 is 2.16 bits per heavy atom. The molecule has 2 aliphatic heterocycles. The van der Waals surface area contributed by atoms with Crippen molar-refractivity contribution < 1.29 is 0 Å². The smallest absolute Gasteiger partial charge is 0.185 e. The van der Waals surface area contributed by atoms with Gasteiger partial charge in [-0.2, -0.15) is 0 Å². The molecule has 1 atom stereocenters. The van der Waals surface area contributed by atoms with Crippen molar-refractivity contribution in [2.45, 2.75) is 38.3 Å². The summed E-state index contributed by atoms with van der Waals surface area (Å²) in [5, 5.41) is 4.40. The van der Waals surface area contributed by atoms with E-state index in [2.05, 4.69) is 20.1 Å². The molecule has 0 amide bonds. The molecule has 19 heavy (non-hydrogen) atoms. The van der Waals surface area contributed by atoms with E-state index in [1.807, 2.05) is 24.6 Å². The fourth-order valence-corrected chi connectivity index (χ4v) is 4.15. The second-order valence-electron chi connectivity index (χ2n) is 5.62. The number of nitrogens with one attached hydrogen (secondary N) is 1. The van der Waals surface area contributed by atoms with Crippen molar-refractivity contribution in [3.05, 3.63) is 11.1 Å². The van der Waals surface area contributed by atoms with Crippen LogP contribution in [-0.4, -0.2) is 49.2 Å². The third-order valence-electron chi connectivity index (χ3n) is 4.23. The van der Waals surface area contributed by atoms with Crippen molar-refractivity contribution in [2.24, 2.45) is 0 Å². The molecule has 0 saturated carbocycles. The minimum Gasteiger partial charge on any atom is -0.346 e. The number of nitrogens with zero attached hydrogens (tertiary/aromatic N) is 3. The summed E-state index contributed by atoms with van der Waals surface area (Å²) in [5.74, 6) is 0. The minimum atomic E-state index is 0.761. The molecule has 0 radical (unpaired) electrons. The number of aromatic nitrogens is 1. The first kappa shape index (κ1) is 13.3. The molecule has 1 unspecified atom stereocenters. The lowest BCUT2D eigenvalue weighted by atomic mass is 10.1. The van der Waals surface area contributed by atoms with Gasteiger partial charge < -0.3 is 10.2 Å². The van der Waals surface area contributed by atoms with E-state index in [0.717, 1.165) is 12.6 Å². The van der Waals surface area contributed by atoms with E-state index >= 15 is 0 Å². The third-order valence-corrected chi connectivity index (χ3v) is 5.29. The second kappa shape index (κ2) is 6.20. The van der Waals surface area contributed by atoms with Gasteiger partial charge in [-0.1, -0.05) is 6.42 Å². The topological polar surface area (TPSA) is 31.4 Å². The lowest BCUT2D eigenvalue weighted by Crippen LogP contribution is -2.40. The van der Waals surface area contributed by atoms with Crippen molar-refractivity contribution >= 4 is 16.5 Å². The summed E-state index contributed by atoms with van der Waals surface area (Å²) in [5.41, 5.74) is 0. The zero-order valence-corrected chi connectivity index (χ0v) is 12.6. The molecule has 1 N–H and O–H groups in total. The quantitative estimate of drug-likeness (QED) is 0.913. The Morgan fingerprint density at radius 3 is 2.95 bits per heavy atom. The Hall–Kier alpha value is -0.650. The molecule has 0 aliphatic carbocycles. The van der Waals surface area contributed by atoms with Gasteiger partial charge in [0, 0.05) is 36.8 Å². The first-order valence-corrected chi connectivity index (χ1v) is 8.27. The molecule has 4 nitrogen and oxygen atoms in total. The molecule has 2 aliphatic rings. The first-order chi connectivity index (χ1) is 9.36. The van der Waals surface area contributed by atoms with E-state index in [4.69, 9.17) is 0 Å². The normalized spacial score (nSPS) is 25.1.